The first kappa shape index (κ1) is 20.4. The van der Waals surface area contributed by atoms with Crippen molar-refractivity contribution in [1.29, 1.82) is 0 Å². The SMILES string of the molecule is O=C(O[C@@H]1Oc2ccccc2O[C@H]1OC(=O)c1ccc(Br)cc1)c1ccc(Br)cc1. The third-order valence-electron chi connectivity index (χ3n) is 4.16. The van der Waals surface area contributed by atoms with Crippen LogP contribution in [0, 0.1) is 0 Å². The van der Waals surface area contributed by atoms with Gasteiger partial charge in [-0.15, -0.1) is 0 Å². The zero-order valence-corrected chi connectivity index (χ0v) is 18.5. The van der Waals surface area contributed by atoms with Crippen LogP contribution < -0.4 is 9.47 Å². The van der Waals surface area contributed by atoms with Gasteiger partial charge in [0.1, 0.15) is 0 Å². The predicted molar refractivity (Wildman–Crippen MR) is 114 cm³/mol. The number of carbonyl (C=O) groups excluding carboxylic acids is 2. The lowest BCUT2D eigenvalue weighted by atomic mass is 10.2. The molecular weight excluding hydrogens is 520 g/mol. The van der Waals surface area contributed by atoms with E-state index in [-0.39, 0.29) is 0 Å². The molecular formula is C22H14Br2O6. The van der Waals surface area contributed by atoms with Gasteiger partial charge in [0.05, 0.1) is 11.1 Å². The van der Waals surface area contributed by atoms with Crippen molar-refractivity contribution < 1.29 is 28.5 Å². The Morgan fingerprint density at radius 3 is 1.37 bits per heavy atom. The minimum absolute atomic E-state index is 0.318. The number of hydrogen-bond donors (Lipinski definition) is 0. The summed E-state index contributed by atoms with van der Waals surface area (Å²) in [6.07, 6.45) is -2.56. The number of esters is 2. The first-order valence-electron chi connectivity index (χ1n) is 8.85. The lowest BCUT2D eigenvalue weighted by Crippen LogP contribution is -2.45. The van der Waals surface area contributed by atoms with E-state index in [2.05, 4.69) is 31.9 Å². The van der Waals surface area contributed by atoms with Crippen LogP contribution in [0.15, 0.2) is 81.7 Å². The molecule has 2 atom stereocenters. The maximum Gasteiger partial charge on any atom is 0.341 e. The van der Waals surface area contributed by atoms with E-state index >= 15 is 0 Å². The molecule has 30 heavy (non-hydrogen) atoms. The second-order valence-corrected chi connectivity index (χ2v) is 8.07. The van der Waals surface area contributed by atoms with E-state index in [9.17, 15) is 9.59 Å². The summed E-state index contributed by atoms with van der Waals surface area (Å²) < 4.78 is 24.1. The summed E-state index contributed by atoms with van der Waals surface area (Å²) in [6.45, 7) is 0. The number of ether oxygens (including phenoxy) is 4. The van der Waals surface area contributed by atoms with Crippen LogP contribution >= 0.6 is 31.9 Å². The van der Waals surface area contributed by atoms with E-state index in [0.29, 0.717) is 22.6 Å². The lowest BCUT2D eigenvalue weighted by molar-refractivity contribution is -0.200. The molecule has 0 spiro atoms. The van der Waals surface area contributed by atoms with Gasteiger partial charge in [0.15, 0.2) is 11.5 Å². The highest BCUT2D eigenvalue weighted by Crippen LogP contribution is 2.34. The van der Waals surface area contributed by atoms with Gasteiger partial charge in [-0.2, -0.15) is 0 Å². The van der Waals surface area contributed by atoms with E-state index in [1.54, 1.807) is 72.8 Å². The van der Waals surface area contributed by atoms with Crippen molar-refractivity contribution >= 4 is 43.8 Å². The molecule has 1 heterocycles. The van der Waals surface area contributed by atoms with Gasteiger partial charge in [0.25, 0.3) is 0 Å². The molecule has 0 saturated carbocycles. The summed E-state index contributed by atoms with van der Waals surface area (Å²) in [7, 11) is 0. The summed E-state index contributed by atoms with van der Waals surface area (Å²) in [4.78, 5) is 25.1. The van der Waals surface area contributed by atoms with Gasteiger partial charge in [0, 0.05) is 8.95 Å². The van der Waals surface area contributed by atoms with Gasteiger partial charge in [-0.25, -0.2) is 9.59 Å². The molecule has 6 nitrogen and oxygen atoms in total. The molecule has 0 saturated heterocycles. The fourth-order valence-corrected chi connectivity index (χ4v) is 3.21. The number of carbonyl (C=O) groups is 2. The minimum Gasteiger partial charge on any atom is -0.444 e. The Hall–Kier alpha value is -2.84. The highest BCUT2D eigenvalue weighted by Gasteiger charge is 2.38. The molecule has 3 aromatic carbocycles. The molecule has 0 fully saturated rings. The number of fused-ring (bicyclic) bond motifs is 1. The van der Waals surface area contributed by atoms with E-state index in [0.717, 1.165) is 8.95 Å². The number of para-hydroxylation sites is 2. The average molecular weight is 534 g/mol. The smallest absolute Gasteiger partial charge is 0.341 e. The van der Waals surface area contributed by atoms with Crippen molar-refractivity contribution in [3.05, 3.63) is 92.9 Å². The Labute approximate surface area is 189 Å². The molecule has 0 N–H and O–H groups in total. The Morgan fingerprint density at radius 2 is 1.00 bits per heavy atom. The van der Waals surface area contributed by atoms with Crippen molar-refractivity contribution in [3.63, 3.8) is 0 Å². The summed E-state index contributed by atoms with van der Waals surface area (Å²) in [5.41, 5.74) is 0.636. The van der Waals surface area contributed by atoms with E-state index in [4.69, 9.17) is 18.9 Å². The maximum atomic E-state index is 12.6. The fourth-order valence-electron chi connectivity index (χ4n) is 2.68. The van der Waals surface area contributed by atoms with Crippen molar-refractivity contribution in [1.82, 2.24) is 0 Å². The molecule has 0 aliphatic carbocycles. The van der Waals surface area contributed by atoms with Gasteiger partial charge in [-0.3, -0.25) is 0 Å². The van der Waals surface area contributed by atoms with Crippen LogP contribution in [0.25, 0.3) is 0 Å². The van der Waals surface area contributed by atoms with Gasteiger partial charge in [0.2, 0.25) is 0 Å². The molecule has 152 valence electrons. The number of benzene rings is 3. The summed E-state index contributed by atoms with van der Waals surface area (Å²) in [6, 6.07) is 20.1. The number of rotatable bonds is 4. The van der Waals surface area contributed by atoms with Crippen LogP contribution in [0.5, 0.6) is 11.5 Å². The predicted octanol–water partition coefficient (Wildman–Crippen LogP) is 5.35. The van der Waals surface area contributed by atoms with Crippen LogP contribution in [0.1, 0.15) is 20.7 Å². The molecule has 1 aliphatic rings. The van der Waals surface area contributed by atoms with Crippen LogP contribution in [0.2, 0.25) is 0 Å². The third kappa shape index (κ3) is 4.66. The van der Waals surface area contributed by atoms with E-state index in [1.165, 1.54) is 0 Å². The minimum atomic E-state index is -1.28. The van der Waals surface area contributed by atoms with Crippen molar-refractivity contribution in [3.8, 4) is 11.5 Å². The van der Waals surface area contributed by atoms with Gasteiger partial charge in [-0.1, -0.05) is 44.0 Å². The van der Waals surface area contributed by atoms with Gasteiger partial charge < -0.3 is 18.9 Å². The first-order chi connectivity index (χ1) is 14.5. The topological polar surface area (TPSA) is 71.1 Å². The Balaban J connectivity index is 1.55. The van der Waals surface area contributed by atoms with Crippen LogP contribution in [0.4, 0.5) is 0 Å². The molecule has 0 aromatic heterocycles. The molecule has 0 amide bonds. The van der Waals surface area contributed by atoms with Crippen molar-refractivity contribution in [2.75, 3.05) is 0 Å². The molecule has 4 rings (SSSR count). The first-order valence-corrected chi connectivity index (χ1v) is 10.4. The Bertz CT molecular complexity index is 979. The molecule has 0 radical (unpaired) electrons. The van der Waals surface area contributed by atoms with Gasteiger partial charge in [-0.05, 0) is 60.7 Å². The second kappa shape index (κ2) is 8.89. The zero-order valence-electron chi connectivity index (χ0n) is 15.3. The Kier molecular flexibility index (Phi) is 6.06. The third-order valence-corrected chi connectivity index (χ3v) is 5.22. The molecule has 3 aromatic rings. The molecule has 1 aliphatic heterocycles. The monoisotopic (exact) mass is 532 g/mol. The van der Waals surface area contributed by atoms with Gasteiger partial charge >= 0.3 is 24.5 Å². The molecule has 0 unspecified atom stereocenters. The highest BCUT2D eigenvalue weighted by atomic mass is 79.9. The van der Waals surface area contributed by atoms with E-state index in [1.807, 2.05) is 0 Å². The standard InChI is InChI=1S/C22H14Br2O6/c23-15-9-5-13(6-10-15)19(25)29-21-22(28-18-4-2-1-3-17(18)27-21)30-20(26)14-7-11-16(24)12-8-14/h1-12,21-22H/t21-,22-/m0/s1. The second-order valence-electron chi connectivity index (χ2n) is 6.24. The molecule has 8 heteroatoms. The van der Waals surface area contributed by atoms with Crippen LogP contribution in [-0.4, -0.2) is 24.5 Å². The van der Waals surface area contributed by atoms with Crippen molar-refractivity contribution in [2.24, 2.45) is 0 Å². The summed E-state index contributed by atoms with van der Waals surface area (Å²) in [5.74, 6) is -0.524. The summed E-state index contributed by atoms with van der Waals surface area (Å²) in [5, 5.41) is 0. The average Bonchev–Trinajstić information content (AvgIpc) is 2.75. The highest BCUT2D eigenvalue weighted by molar-refractivity contribution is 9.10. The molecule has 0 bridgehead atoms. The summed E-state index contributed by atoms with van der Waals surface area (Å²) >= 11 is 6.63. The number of halogens is 2. The van der Waals surface area contributed by atoms with Crippen molar-refractivity contribution in [2.45, 2.75) is 12.6 Å². The Morgan fingerprint density at radius 1 is 0.633 bits per heavy atom. The quantitative estimate of drug-likeness (QED) is 0.421. The largest absolute Gasteiger partial charge is 0.444 e. The number of hydrogen-bond acceptors (Lipinski definition) is 6. The zero-order chi connectivity index (χ0) is 21.1. The van der Waals surface area contributed by atoms with E-state index < -0.39 is 24.5 Å². The van der Waals surface area contributed by atoms with Crippen LogP contribution in [0.3, 0.4) is 0 Å². The lowest BCUT2D eigenvalue weighted by Gasteiger charge is -2.32. The normalized spacial score (nSPS) is 17.1. The van der Waals surface area contributed by atoms with Crippen LogP contribution in [-0.2, 0) is 9.47 Å². The fraction of sp³-hybridized carbons (Fsp3) is 0.0909. The maximum absolute atomic E-state index is 12.6.